The molecule has 0 bridgehead atoms. The topological polar surface area (TPSA) is 55.4 Å². The summed E-state index contributed by atoms with van der Waals surface area (Å²) in [5, 5.41) is 2.79. The second-order valence-corrected chi connectivity index (χ2v) is 4.13. The molecule has 0 saturated carbocycles. The molecule has 1 atom stereocenters. The smallest absolute Gasteiger partial charge is 0.226 e. The quantitative estimate of drug-likeness (QED) is 0.809. The van der Waals surface area contributed by atoms with Gasteiger partial charge in [0.05, 0.1) is 12.5 Å². The van der Waals surface area contributed by atoms with Crippen molar-refractivity contribution in [3.63, 3.8) is 0 Å². The molecule has 4 heteroatoms. The molecule has 4 nitrogen and oxygen atoms in total. The van der Waals surface area contributed by atoms with Crippen LogP contribution in [0.5, 0.6) is 0 Å². The first-order chi connectivity index (χ1) is 8.28. The average molecular weight is 233 g/mol. The van der Waals surface area contributed by atoms with Crippen LogP contribution < -0.4 is 5.32 Å². The molecule has 1 amide bonds. The van der Waals surface area contributed by atoms with Crippen LogP contribution in [0.2, 0.25) is 0 Å². The van der Waals surface area contributed by atoms with Gasteiger partial charge < -0.3 is 10.1 Å². The maximum atomic E-state index is 11.7. The Morgan fingerprint density at radius 2 is 2.18 bits per heavy atom. The third kappa shape index (κ3) is 3.39. The second-order valence-electron chi connectivity index (χ2n) is 4.13. The SMILES string of the molecule is O=Cc1ccc(NC(=O)CC2CCCO2)cc1. The predicted octanol–water partition coefficient (Wildman–Crippen LogP) is 2.01. The van der Waals surface area contributed by atoms with Gasteiger partial charge in [0.25, 0.3) is 0 Å². The van der Waals surface area contributed by atoms with Crippen LogP contribution in [0, 0.1) is 0 Å². The summed E-state index contributed by atoms with van der Waals surface area (Å²) in [6.07, 6.45) is 3.22. The molecule has 1 fully saturated rings. The third-order valence-corrected chi connectivity index (χ3v) is 2.77. The van der Waals surface area contributed by atoms with Crippen molar-refractivity contribution in [3.05, 3.63) is 29.8 Å². The fourth-order valence-corrected chi connectivity index (χ4v) is 1.87. The normalized spacial score (nSPS) is 18.9. The van der Waals surface area contributed by atoms with Crippen LogP contribution in [0.3, 0.4) is 0 Å². The van der Waals surface area contributed by atoms with Gasteiger partial charge in [0.2, 0.25) is 5.91 Å². The number of carbonyl (C=O) groups is 2. The van der Waals surface area contributed by atoms with E-state index in [-0.39, 0.29) is 12.0 Å². The Morgan fingerprint density at radius 1 is 1.41 bits per heavy atom. The highest BCUT2D eigenvalue weighted by Gasteiger charge is 2.18. The summed E-state index contributed by atoms with van der Waals surface area (Å²) in [6.45, 7) is 0.756. The molecular formula is C13H15NO3. The Bertz CT molecular complexity index is 394. The van der Waals surface area contributed by atoms with Gasteiger partial charge in [-0.05, 0) is 37.1 Å². The van der Waals surface area contributed by atoms with Crippen LogP contribution in [-0.4, -0.2) is 24.9 Å². The Morgan fingerprint density at radius 3 is 2.76 bits per heavy atom. The summed E-state index contributed by atoms with van der Waals surface area (Å²) in [5.74, 6) is -0.0456. The van der Waals surface area contributed by atoms with Crippen molar-refractivity contribution >= 4 is 17.9 Å². The minimum atomic E-state index is -0.0456. The molecule has 17 heavy (non-hydrogen) atoms. The molecule has 0 radical (unpaired) electrons. The molecule has 1 aromatic carbocycles. The van der Waals surface area contributed by atoms with Crippen LogP contribution in [0.4, 0.5) is 5.69 Å². The molecule has 1 aliphatic heterocycles. The average Bonchev–Trinajstić information content (AvgIpc) is 2.82. The number of hydrogen-bond donors (Lipinski definition) is 1. The number of benzene rings is 1. The minimum Gasteiger partial charge on any atom is -0.378 e. The standard InChI is InChI=1S/C13H15NO3/c15-9-10-3-5-11(6-4-10)14-13(16)8-12-2-1-7-17-12/h3-6,9,12H,1-2,7-8H2,(H,14,16). The number of anilines is 1. The molecule has 0 aromatic heterocycles. The highest BCUT2D eigenvalue weighted by molar-refractivity contribution is 5.91. The Balaban J connectivity index is 1.86. The fourth-order valence-electron chi connectivity index (χ4n) is 1.87. The van der Waals surface area contributed by atoms with E-state index in [1.807, 2.05) is 0 Å². The van der Waals surface area contributed by atoms with E-state index in [4.69, 9.17) is 4.74 Å². The van der Waals surface area contributed by atoms with E-state index in [9.17, 15) is 9.59 Å². The zero-order valence-corrected chi connectivity index (χ0v) is 9.52. The molecule has 0 spiro atoms. The molecule has 1 aromatic rings. The predicted molar refractivity (Wildman–Crippen MR) is 64.1 cm³/mol. The van der Waals surface area contributed by atoms with Gasteiger partial charge >= 0.3 is 0 Å². The van der Waals surface area contributed by atoms with E-state index in [1.54, 1.807) is 24.3 Å². The highest BCUT2D eigenvalue weighted by atomic mass is 16.5. The van der Waals surface area contributed by atoms with Gasteiger partial charge in [0.15, 0.2) is 0 Å². The van der Waals surface area contributed by atoms with E-state index in [1.165, 1.54) is 0 Å². The van der Waals surface area contributed by atoms with Crippen molar-refractivity contribution < 1.29 is 14.3 Å². The molecule has 1 heterocycles. The van der Waals surface area contributed by atoms with Gasteiger partial charge in [0.1, 0.15) is 6.29 Å². The van der Waals surface area contributed by atoms with Gasteiger partial charge in [-0.1, -0.05) is 0 Å². The number of carbonyl (C=O) groups excluding carboxylic acids is 2. The molecule has 1 aliphatic rings. The minimum absolute atomic E-state index is 0.0456. The van der Waals surface area contributed by atoms with Crippen molar-refractivity contribution in [1.82, 2.24) is 0 Å². The molecule has 1 N–H and O–H groups in total. The number of rotatable bonds is 4. The van der Waals surface area contributed by atoms with Crippen LogP contribution in [0.1, 0.15) is 29.6 Å². The molecule has 2 rings (SSSR count). The first-order valence-electron chi connectivity index (χ1n) is 5.74. The fraction of sp³-hybridized carbons (Fsp3) is 0.385. The first-order valence-corrected chi connectivity index (χ1v) is 5.74. The van der Waals surface area contributed by atoms with Crippen molar-refractivity contribution in [2.45, 2.75) is 25.4 Å². The largest absolute Gasteiger partial charge is 0.378 e. The van der Waals surface area contributed by atoms with E-state index >= 15 is 0 Å². The van der Waals surface area contributed by atoms with Gasteiger partial charge in [-0.25, -0.2) is 0 Å². The van der Waals surface area contributed by atoms with E-state index < -0.39 is 0 Å². The van der Waals surface area contributed by atoms with Crippen molar-refractivity contribution in [3.8, 4) is 0 Å². The molecule has 1 unspecified atom stereocenters. The third-order valence-electron chi connectivity index (χ3n) is 2.77. The summed E-state index contributed by atoms with van der Waals surface area (Å²) < 4.78 is 5.39. The number of amides is 1. The number of nitrogens with one attached hydrogen (secondary N) is 1. The summed E-state index contributed by atoms with van der Waals surface area (Å²) in [6, 6.07) is 6.79. The van der Waals surface area contributed by atoms with Crippen molar-refractivity contribution in [2.75, 3.05) is 11.9 Å². The van der Waals surface area contributed by atoms with E-state index in [2.05, 4.69) is 5.32 Å². The lowest BCUT2D eigenvalue weighted by atomic mass is 10.1. The summed E-state index contributed by atoms with van der Waals surface area (Å²) in [7, 11) is 0. The van der Waals surface area contributed by atoms with Gasteiger partial charge in [-0.2, -0.15) is 0 Å². The monoisotopic (exact) mass is 233 g/mol. The van der Waals surface area contributed by atoms with E-state index in [0.717, 1.165) is 25.7 Å². The van der Waals surface area contributed by atoms with Crippen LogP contribution in [0.25, 0.3) is 0 Å². The number of ether oxygens (including phenoxy) is 1. The lowest BCUT2D eigenvalue weighted by Crippen LogP contribution is -2.19. The summed E-state index contributed by atoms with van der Waals surface area (Å²) in [5.41, 5.74) is 1.31. The zero-order chi connectivity index (χ0) is 12.1. The lowest BCUT2D eigenvalue weighted by molar-refractivity contribution is -0.118. The van der Waals surface area contributed by atoms with Gasteiger partial charge in [-0.3, -0.25) is 9.59 Å². The summed E-state index contributed by atoms with van der Waals surface area (Å²) >= 11 is 0. The Labute approximate surface area is 100.0 Å². The summed E-state index contributed by atoms with van der Waals surface area (Å²) in [4.78, 5) is 22.1. The maximum absolute atomic E-state index is 11.7. The Hall–Kier alpha value is -1.68. The Kier molecular flexibility index (Phi) is 3.88. The van der Waals surface area contributed by atoms with Crippen LogP contribution >= 0.6 is 0 Å². The first kappa shape index (κ1) is 11.8. The molecule has 0 aliphatic carbocycles. The zero-order valence-electron chi connectivity index (χ0n) is 9.52. The highest BCUT2D eigenvalue weighted by Crippen LogP contribution is 2.16. The number of aldehydes is 1. The van der Waals surface area contributed by atoms with Crippen LogP contribution in [-0.2, 0) is 9.53 Å². The number of hydrogen-bond acceptors (Lipinski definition) is 3. The van der Waals surface area contributed by atoms with Crippen molar-refractivity contribution in [1.29, 1.82) is 0 Å². The van der Waals surface area contributed by atoms with Crippen LogP contribution in [0.15, 0.2) is 24.3 Å². The maximum Gasteiger partial charge on any atom is 0.226 e. The molecule has 90 valence electrons. The van der Waals surface area contributed by atoms with Crippen molar-refractivity contribution in [2.24, 2.45) is 0 Å². The van der Waals surface area contributed by atoms with Gasteiger partial charge in [0, 0.05) is 17.9 Å². The van der Waals surface area contributed by atoms with Gasteiger partial charge in [-0.15, -0.1) is 0 Å². The molecule has 1 saturated heterocycles. The second kappa shape index (κ2) is 5.59. The van der Waals surface area contributed by atoms with E-state index in [0.29, 0.717) is 17.7 Å². The lowest BCUT2D eigenvalue weighted by Gasteiger charge is -2.09. The molecular weight excluding hydrogens is 218 g/mol.